The van der Waals surface area contributed by atoms with E-state index in [1.165, 1.54) is 29.7 Å². The summed E-state index contributed by atoms with van der Waals surface area (Å²) in [6, 6.07) is 7.41. The number of carbonyl (C=O) groups excluding carboxylic acids is 1. The van der Waals surface area contributed by atoms with Crippen LogP contribution in [0, 0.1) is 0 Å². The molecule has 2 atom stereocenters. The number of rotatable bonds is 5. The summed E-state index contributed by atoms with van der Waals surface area (Å²) in [5.41, 5.74) is 1.41. The molecule has 7 heteroatoms. The van der Waals surface area contributed by atoms with Gasteiger partial charge in [-0.15, -0.1) is 11.3 Å². The summed E-state index contributed by atoms with van der Waals surface area (Å²) in [7, 11) is 1.62. The minimum absolute atomic E-state index is 0.0319. The van der Waals surface area contributed by atoms with Gasteiger partial charge in [0.25, 0.3) is 5.91 Å². The Kier molecular flexibility index (Phi) is 4.82. The Labute approximate surface area is 172 Å². The summed E-state index contributed by atoms with van der Waals surface area (Å²) < 4.78 is 5.54. The first-order chi connectivity index (χ1) is 13.7. The molecule has 2 unspecified atom stereocenters. The highest BCUT2D eigenvalue weighted by atomic mass is 32.1. The highest BCUT2D eigenvalue weighted by Crippen LogP contribution is 2.39. The van der Waals surface area contributed by atoms with E-state index in [1.54, 1.807) is 24.6 Å². The fraction of sp³-hybridized carbons (Fsp3) is 0.429. The molecule has 3 aromatic heterocycles. The lowest BCUT2D eigenvalue weighted by Crippen LogP contribution is -2.49. The van der Waals surface area contributed by atoms with Crippen LogP contribution in [0.1, 0.15) is 40.9 Å². The van der Waals surface area contributed by atoms with E-state index >= 15 is 0 Å². The number of ether oxygens (including phenoxy) is 1. The van der Waals surface area contributed by atoms with Gasteiger partial charge in [0, 0.05) is 30.9 Å². The maximum atomic E-state index is 13.0. The third-order valence-corrected chi connectivity index (χ3v) is 7.82. The van der Waals surface area contributed by atoms with E-state index in [-0.39, 0.29) is 11.9 Å². The number of pyridine rings is 1. The Balaban J connectivity index is 1.30. The lowest BCUT2D eigenvalue weighted by atomic mass is 9.96. The monoisotopic (exact) mass is 413 g/mol. The number of aromatic nitrogens is 1. The van der Waals surface area contributed by atoms with E-state index in [4.69, 9.17) is 4.74 Å². The van der Waals surface area contributed by atoms with Gasteiger partial charge in [0.15, 0.2) is 5.75 Å². The second kappa shape index (κ2) is 7.46. The zero-order chi connectivity index (χ0) is 19.1. The Morgan fingerprint density at radius 3 is 2.86 bits per heavy atom. The van der Waals surface area contributed by atoms with Gasteiger partial charge in [0.1, 0.15) is 9.71 Å². The normalized spacial score (nSPS) is 24.5. The van der Waals surface area contributed by atoms with Crippen LogP contribution in [0.3, 0.4) is 0 Å². The van der Waals surface area contributed by atoms with Crippen molar-refractivity contribution in [3.8, 4) is 5.75 Å². The number of nitrogens with zero attached hydrogens (tertiary/aromatic N) is 2. The van der Waals surface area contributed by atoms with Crippen LogP contribution < -0.4 is 10.1 Å². The number of hydrogen-bond acceptors (Lipinski definition) is 6. The molecule has 146 valence electrons. The molecule has 2 aliphatic rings. The highest BCUT2D eigenvalue weighted by Gasteiger charge is 2.41. The van der Waals surface area contributed by atoms with Crippen molar-refractivity contribution < 1.29 is 9.53 Å². The number of carbonyl (C=O) groups is 1. The molecule has 0 saturated carbocycles. The van der Waals surface area contributed by atoms with Gasteiger partial charge in [-0.3, -0.25) is 9.69 Å². The predicted molar refractivity (Wildman–Crippen MR) is 113 cm³/mol. The van der Waals surface area contributed by atoms with Gasteiger partial charge in [-0.05, 0) is 60.2 Å². The maximum absolute atomic E-state index is 13.0. The molecule has 0 aliphatic carbocycles. The molecule has 1 N–H and O–H groups in total. The summed E-state index contributed by atoms with van der Waals surface area (Å²) in [4.78, 5) is 21.5. The van der Waals surface area contributed by atoms with E-state index in [9.17, 15) is 4.79 Å². The number of thiophene rings is 2. The maximum Gasteiger partial charge on any atom is 0.265 e. The standard InChI is InChI=1S/C21H23N3O2S2/c1-26-18-17-3-2-7-22-21(17)28-19(18)20(25)23-14-9-15-4-5-16(10-14)24(15)11-13-6-8-27-12-13/h2-3,6-8,12,14-16H,4-5,9-11H2,1H3,(H,23,25). The fourth-order valence-corrected chi connectivity index (χ4v) is 6.43. The van der Waals surface area contributed by atoms with Gasteiger partial charge in [-0.25, -0.2) is 4.98 Å². The van der Waals surface area contributed by atoms with Crippen molar-refractivity contribution in [2.45, 2.75) is 50.4 Å². The first kappa shape index (κ1) is 18.1. The van der Waals surface area contributed by atoms with Gasteiger partial charge < -0.3 is 10.1 Å². The van der Waals surface area contributed by atoms with Crippen LogP contribution in [-0.4, -0.2) is 41.0 Å². The van der Waals surface area contributed by atoms with Crippen LogP contribution in [0.15, 0.2) is 35.2 Å². The molecule has 0 spiro atoms. The third kappa shape index (κ3) is 3.21. The van der Waals surface area contributed by atoms with Crippen molar-refractivity contribution in [2.75, 3.05) is 7.11 Å². The first-order valence-electron chi connectivity index (χ1n) is 9.72. The molecule has 28 heavy (non-hydrogen) atoms. The zero-order valence-corrected chi connectivity index (χ0v) is 17.4. The van der Waals surface area contributed by atoms with Gasteiger partial charge in [0.2, 0.25) is 0 Å². The van der Waals surface area contributed by atoms with Crippen molar-refractivity contribution in [3.05, 3.63) is 45.6 Å². The fourth-order valence-electron chi connectivity index (χ4n) is 4.76. The first-order valence-corrected chi connectivity index (χ1v) is 11.5. The molecule has 1 amide bonds. The molecule has 0 radical (unpaired) electrons. The quantitative estimate of drug-likeness (QED) is 0.678. The van der Waals surface area contributed by atoms with Crippen LogP contribution in [0.5, 0.6) is 5.75 Å². The largest absolute Gasteiger partial charge is 0.494 e. The van der Waals surface area contributed by atoms with E-state index in [2.05, 4.69) is 32.0 Å². The second-order valence-corrected chi connectivity index (χ2v) is 9.43. The average molecular weight is 414 g/mol. The van der Waals surface area contributed by atoms with E-state index in [1.807, 2.05) is 12.1 Å². The minimum Gasteiger partial charge on any atom is -0.494 e. The van der Waals surface area contributed by atoms with Gasteiger partial charge in [-0.2, -0.15) is 11.3 Å². The van der Waals surface area contributed by atoms with Crippen molar-refractivity contribution in [1.29, 1.82) is 0 Å². The molecular weight excluding hydrogens is 390 g/mol. The molecule has 2 bridgehead atoms. The van der Waals surface area contributed by atoms with Gasteiger partial charge >= 0.3 is 0 Å². The molecule has 3 aromatic rings. The molecule has 2 saturated heterocycles. The summed E-state index contributed by atoms with van der Waals surface area (Å²) in [5, 5.41) is 8.59. The summed E-state index contributed by atoms with van der Waals surface area (Å²) >= 11 is 3.17. The van der Waals surface area contributed by atoms with Gasteiger partial charge in [-0.1, -0.05) is 0 Å². The minimum atomic E-state index is -0.0319. The molecule has 2 fully saturated rings. The number of amides is 1. The summed E-state index contributed by atoms with van der Waals surface area (Å²) in [5.74, 6) is 0.610. The zero-order valence-electron chi connectivity index (χ0n) is 15.8. The number of nitrogens with one attached hydrogen (secondary N) is 1. The molecule has 5 heterocycles. The topological polar surface area (TPSA) is 54.5 Å². The van der Waals surface area contributed by atoms with Crippen molar-refractivity contribution in [1.82, 2.24) is 15.2 Å². The highest BCUT2D eigenvalue weighted by molar-refractivity contribution is 7.20. The number of fused-ring (bicyclic) bond motifs is 3. The molecular formula is C21H23N3O2S2. The Hall–Kier alpha value is -1.96. The molecule has 2 aliphatic heterocycles. The van der Waals surface area contributed by atoms with Crippen LogP contribution in [0.25, 0.3) is 10.2 Å². The van der Waals surface area contributed by atoms with Crippen molar-refractivity contribution in [2.24, 2.45) is 0 Å². The van der Waals surface area contributed by atoms with Gasteiger partial charge in [0.05, 0.1) is 12.5 Å². The molecule has 0 aromatic carbocycles. The molecule has 5 rings (SSSR count). The lowest BCUT2D eigenvalue weighted by molar-refractivity contribution is 0.0829. The number of hydrogen-bond donors (Lipinski definition) is 1. The average Bonchev–Trinajstić information content (AvgIpc) is 3.39. The Morgan fingerprint density at radius 2 is 2.14 bits per heavy atom. The summed E-state index contributed by atoms with van der Waals surface area (Å²) in [6.07, 6.45) is 6.27. The Bertz CT molecular complexity index is 971. The van der Waals surface area contributed by atoms with Crippen LogP contribution >= 0.6 is 22.7 Å². The van der Waals surface area contributed by atoms with E-state index in [0.29, 0.717) is 22.7 Å². The van der Waals surface area contributed by atoms with Crippen molar-refractivity contribution in [3.63, 3.8) is 0 Å². The Morgan fingerprint density at radius 1 is 1.32 bits per heavy atom. The van der Waals surface area contributed by atoms with E-state index < -0.39 is 0 Å². The van der Waals surface area contributed by atoms with Crippen LogP contribution in [0.2, 0.25) is 0 Å². The van der Waals surface area contributed by atoms with Crippen molar-refractivity contribution >= 4 is 38.8 Å². The third-order valence-electron chi connectivity index (χ3n) is 6.00. The smallest absolute Gasteiger partial charge is 0.265 e. The van der Waals surface area contributed by atoms with Crippen LogP contribution in [-0.2, 0) is 6.54 Å². The lowest BCUT2D eigenvalue weighted by Gasteiger charge is -2.39. The SMILES string of the molecule is COc1c(C(=O)NC2CC3CCC(C2)N3Cc2ccsc2)sc2ncccc12. The summed E-state index contributed by atoms with van der Waals surface area (Å²) in [6.45, 7) is 1.04. The van der Waals surface area contributed by atoms with Crippen LogP contribution in [0.4, 0.5) is 0 Å². The second-order valence-electron chi connectivity index (χ2n) is 7.65. The predicted octanol–water partition coefficient (Wildman–Crippen LogP) is 4.29. The molecule has 5 nitrogen and oxygen atoms in total. The number of methoxy groups -OCH3 is 1. The number of piperidine rings is 1. The van der Waals surface area contributed by atoms with E-state index in [0.717, 1.165) is 29.6 Å².